The van der Waals surface area contributed by atoms with Gasteiger partial charge in [0.25, 0.3) is 0 Å². The highest BCUT2D eigenvalue weighted by Gasteiger charge is 2.20. The summed E-state index contributed by atoms with van der Waals surface area (Å²) in [6, 6.07) is 13.4. The molecule has 0 atom stereocenters. The highest BCUT2D eigenvalue weighted by Crippen LogP contribution is 2.21. The fourth-order valence-corrected chi connectivity index (χ4v) is 4.36. The topological polar surface area (TPSA) is 12.9 Å². The molecule has 2 nitrogen and oxygen atoms in total. The van der Waals surface area contributed by atoms with E-state index in [1.165, 1.54) is 80.2 Å². The van der Waals surface area contributed by atoms with Gasteiger partial charge in [0.05, 0.1) is 14.1 Å². The van der Waals surface area contributed by atoms with Crippen molar-refractivity contribution in [2.75, 3.05) is 14.1 Å². The fourth-order valence-electron chi connectivity index (χ4n) is 4.36. The molecule has 2 bridgehead atoms. The van der Waals surface area contributed by atoms with Crippen LogP contribution in [0.15, 0.2) is 42.6 Å². The number of pyridine rings is 1. The van der Waals surface area contributed by atoms with Gasteiger partial charge in [0.15, 0.2) is 0 Å². The van der Waals surface area contributed by atoms with E-state index in [1.807, 2.05) is 0 Å². The van der Waals surface area contributed by atoms with Crippen LogP contribution in [0, 0.1) is 0 Å². The Morgan fingerprint density at radius 2 is 1.41 bits per heavy atom. The number of rotatable bonds is 4. The van der Waals surface area contributed by atoms with Crippen molar-refractivity contribution < 1.29 is 4.48 Å². The zero-order valence-electron chi connectivity index (χ0n) is 17.4. The van der Waals surface area contributed by atoms with Gasteiger partial charge in [0, 0.05) is 23.0 Å². The summed E-state index contributed by atoms with van der Waals surface area (Å²) in [6.07, 6.45) is 15.4. The molecule has 0 amide bonds. The van der Waals surface area contributed by atoms with E-state index in [-0.39, 0.29) is 0 Å². The number of aromatic nitrogens is 1. The zero-order valence-corrected chi connectivity index (χ0v) is 17.4. The molecule has 1 aromatic heterocycles. The Morgan fingerprint density at radius 3 is 2.11 bits per heavy atom. The maximum Gasteiger partial charge on any atom is 0.106 e. The SMILES string of the molecule is C[N+](C)(Cc1ccccc1)Cc1cc2cnc1CCCCCCCCCC2. The van der Waals surface area contributed by atoms with E-state index in [0.29, 0.717) is 0 Å². The van der Waals surface area contributed by atoms with Gasteiger partial charge >= 0.3 is 0 Å². The van der Waals surface area contributed by atoms with Gasteiger partial charge in [-0.1, -0.05) is 68.9 Å². The Morgan fingerprint density at radius 1 is 0.778 bits per heavy atom. The van der Waals surface area contributed by atoms with Crippen molar-refractivity contribution in [3.8, 4) is 0 Å². The normalized spacial score (nSPS) is 16.8. The number of nitrogens with zero attached hydrogens (tertiary/aromatic N) is 2. The lowest BCUT2D eigenvalue weighted by Gasteiger charge is -2.31. The first-order valence-corrected chi connectivity index (χ1v) is 10.9. The minimum absolute atomic E-state index is 0.974. The molecule has 0 fully saturated rings. The van der Waals surface area contributed by atoms with E-state index < -0.39 is 0 Å². The lowest BCUT2D eigenvalue weighted by atomic mass is 9.99. The van der Waals surface area contributed by atoms with Crippen molar-refractivity contribution in [2.45, 2.75) is 77.3 Å². The van der Waals surface area contributed by atoms with Crippen LogP contribution in [-0.4, -0.2) is 23.6 Å². The molecule has 0 saturated heterocycles. The average molecular weight is 366 g/mol. The second kappa shape index (κ2) is 10.0. The third-order valence-electron chi connectivity index (χ3n) is 5.80. The number of fused-ring (bicyclic) bond motifs is 11. The van der Waals surface area contributed by atoms with Crippen LogP contribution in [0.2, 0.25) is 0 Å². The van der Waals surface area contributed by atoms with E-state index >= 15 is 0 Å². The largest absolute Gasteiger partial charge is 0.321 e. The van der Waals surface area contributed by atoms with Crippen LogP contribution in [0.4, 0.5) is 0 Å². The van der Waals surface area contributed by atoms with Crippen LogP contribution < -0.4 is 0 Å². The molecule has 0 spiro atoms. The Bertz CT molecular complexity index is 691. The molecule has 2 heteroatoms. The lowest BCUT2D eigenvalue weighted by molar-refractivity contribution is -0.916. The standard InChI is InChI=1S/C25H37N2/c1-27(2,20-22-14-11-9-12-15-22)21-24-18-23-16-10-7-5-3-4-6-8-13-17-25(24)26-19-23/h9,11-12,14-15,18-19H,3-8,10,13,16-17,20-21H2,1-2H3/q+1. The van der Waals surface area contributed by atoms with Gasteiger partial charge in [0.2, 0.25) is 0 Å². The maximum atomic E-state index is 4.93. The van der Waals surface area contributed by atoms with Crippen molar-refractivity contribution in [3.05, 3.63) is 65.0 Å². The summed E-state index contributed by atoms with van der Waals surface area (Å²) in [5.41, 5.74) is 5.67. The van der Waals surface area contributed by atoms with Crippen LogP contribution in [-0.2, 0) is 25.9 Å². The van der Waals surface area contributed by atoms with E-state index in [1.54, 1.807) is 0 Å². The quantitative estimate of drug-likeness (QED) is 0.599. The summed E-state index contributed by atoms with van der Waals surface area (Å²) >= 11 is 0. The Hall–Kier alpha value is -1.67. The summed E-state index contributed by atoms with van der Waals surface area (Å²) in [5, 5.41) is 0. The summed E-state index contributed by atoms with van der Waals surface area (Å²) < 4.78 is 0.974. The van der Waals surface area contributed by atoms with Crippen molar-refractivity contribution in [1.29, 1.82) is 0 Å². The lowest BCUT2D eigenvalue weighted by Crippen LogP contribution is -2.38. The van der Waals surface area contributed by atoms with Crippen LogP contribution in [0.3, 0.4) is 0 Å². The Kier molecular flexibility index (Phi) is 7.46. The number of hydrogen-bond acceptors (Lipinski definition) is 1. The van der Waals surface area contributed by atoms with E-state index in [0.717, 1.165) is 24.0 Å². The monoisotopic (exact) mass is 365 g/mol. The molecule has 0 radical (unpaired) electrons. The molecule has 0 unspecified atom stereocenters. The predicted octanol–water partition coefficient (Wildman–Crippen LogP) is 6.08. The van der Waals surface area contributed by atoms with Gasteiger partial charge < -0.3 is 4.48 Å². The second-order valence-corrected chi connectivity index (χ2v) is 9.02. The minimum Gasteiger partial charge on any atom is -0.321 e. The van der Waals surface area contributed by atoms with Crippen LogP contribution in [0.25, 0.3) is 0 Å². The van der Waals surface area contributed by atoms with Gasteiger partial charge in [-0.15, -0.1) is 0 Å². The van der Waals surface area contributed by atoms with Gasteiger partial charge in [-0.2, -0.15) is 0 Å². The Labute approximate surface area is 166 Å². The van der Waals surface area contributed by atoms with Crippen LogP contribution in [0.1, 0.15) is 73.8 Å². The summed E-state index contributed by atoms with van der Waals surface area (Å²) in [6.45, 7) is 2.12. The van der Waals surface area contributed by atoms with Crippen molar-refractivity contribution in [2.24, 2.45) is 0 Å². The van der Waals surface area contributed by atoms with Crippen molar-refractivity contribution in [3.63, 3.8) is 0 Å². The third kappa shape index (κ3) is 6.77. The molecular weight excluding hydrogens is 328 g/mol. The molecule has 1 aliphatic carbocycles. The molecule has 4 rings (SSSR count). The first-order chi connectivity index (χ1) is 13.1. The minimum atomic E-state index is 0.974. The van der Waals surface area contributed by atoms with Gasteiger partial charge in [0.1, 0.15) is 13.1 Å². The first kappa shape index (κ1) is 20.1. The molecule has 0 saturated carbocycles. The number of aryl methyl sites for hydroxylation is 2. The molecular formula is C25H37N2+. The molecule has 0 N–H and O–H groups in total. The number of benzene rings is 1. The van der Waals surface area contributed by atoms with Gasteiger partial charge in [-0.25, -0.2) is 0 Å². The third-order valence-corrected chi connectivity index (χ3v) is 5.80. The van der Waals surface area contributed by atoms with Gasteiger partial charge in [-0.3, -0.25) is 4.98 Å². The van der Waals surface area contributed by atoms with E-state index in [4.69, 9.17) is 4.98 Å². The smallest absolute Gasteiger partial charge is 0.106 e. The molecule has 1 aliphatic heterocycles. The number of hydrogen-bond donors (Lipinski definition) is 0. The molecule has 2 aromatic rings. The molecule has 2 heterocycles. The zero-order chi connectivity index (χ0) is 19.0. The predicted molar refractivity (Wildman–Crippen MR) is 115 cm³/mol. The molecule has 27 heavy (non-hydrogen) atoms. The number of quaternary nitrogens is 1. The highest BCUT2D eigenvalue weighted by molar-refractivity contribution is 5.25. The van der Waals surface area contributed by atoms with Crippen molar-refractivity contribution in [1.82, 2.24) is 4.98 Å². The molecule has 1 aromatic carbocycles. The highest BCUT2D eigenvalue weighted by atomic mass is 15.3. The maximum absolute atomic E-state index is 4.93. The average Bonchev–Trinajstić information content (AvgIpc) is 2.64. The molecule has 2 aliphatic rings. The molecule has 146 valence electrons. The summed E-state index contributed by atoms with van der Waals surface area (Å²) in [4.78, 5) is 4.93. The second-order valence-electron chi connectivity index (χ2n) is 9.02. The van der Waals surface area contributed by atoms with Crippen LogP contribution >= 0.6 is 0 Å². The fraction of sp³-hybridized carbons (Fsp3) is 0.560. The van der Waals surface area contributed by atoms with Crippen molar-refractivity contribution >= 4 is 0 Å². The first-order valence-electron chi connectivity index (χ1n) is 10.9. The van der Waals surface area contributed by atoms with E-state index in [9.17, 15) is 0 Å². The van der Waals surface area contributed by atoms with E-state index in [2.05, 4.69) is 56.7 Å². The summed E-state index contributed by atoms with van der Waals surface area (Å²) in [5.74, 6) is 0. The van der Waals surface area contributed by atoms with Crippen LogP contribution in [0.5, 0.6) is 0 Å². The van der Waals surface area contributed by atoms with Gasteiger partial charge in [-0.05, 0) is 37.3 Å². The summed E-state index contributed by atoms with van der Waals surface area (Å²) in [7, 11) is 4.70. The Balaban J connectivity index is 1.75.